The van der Waals surface area contributed by atoms with Crippen LogP contribution in [-0.2, 0) is 4.79 Å². The minimum atomic E-state index is -0.496. The quantitative estimate of drug-likeness (QED) is 0.884. The van der Waals surface area contributed by atoms with Gasteiger partial charge in [0, 0.05) is 25.6 Å². The van der Waals surface area contributed by atoms with Gasteiger partial charge in [0.05, 0.1) is 4.47 Å². The second kappa shape index (κ2) is 6.34. The smallest absolute Gasteiger partial charge is 0.251 e. The van der Waals surface area contributed by atoms with E-state index in [0.29, 0.717) is 4.47 Å². The fourth-order valence-corrected chi connectivity index (χ4v) is 1.40. The Kier molecular flexibility index (Phi) is 5.09. The molecular formula is C11H12BrFN2O2. The van der Waals surface area contributed by atoms with Gasteiger partial charge < -0.3 is 10.6 Å². The molecule has 2 amide bonds. The van der Waals surface area contributed by atoms with Crippen LogP contribution in [0.5, 0.6) is 0 Å². The van der Waals surface area contributed by atoms with E-state index in [0.717, 1.165) is 6.07 Å². The van der Waals surface area contributed by atoms with E-state index in [1.54, 1.807) is 0 Å². The first-order valence-corrected chi connectivity index (χ1v) is 5.77. The van der Waals surface area contributed by atoms with E-state index < -0.39 is 11.7 Å². The normalized spacial score (nSPS) is 9.82. The van der Waals surface area contributed by atoms with Crippen molar-refractivity contribution in [2.75, 3.05) is 13.6 Å². The maximum Gasteiger partial charge on any atom is 0.251 e. The molecule has 92 valence electrons. The van der Waals surface area contributed by atoms with Gasteiger partial charge in [-0.05, 0) is 34.1 Å². The lowest BCUT2D eigenvalue weighted by Gasteiger charge is -2.05. The molecule has 1 aromatic carbocycles. The molecular weight excluding hydrogens is 291 g/mol. The number of benzene rings is 1. The van der Waals surface area contributed by atoms with E-state index in [1.165, 1.54) is 19.2 Å². The van der Waals surface area contributed by atoms with E-state index in [1.807, 2.05) is 0 Å². The molecule has 0 unspecified atom stereocenters. The Morgan fingerprint density at radius 2 is 2.12 bits per heavy atom. The van der Waals surface area contributed by atoms with Gasteiger partial charge in [-0.1, -0.05) is 0 Å². The van der Waals surface area contributed by atoms with Crippen molar-refractivity contribution in [3.8, 4) is 0 Å². The van der Waals surface area contributed by atoms with Crippen LogP contribution in [0.15, 0.2) is 22.7 Å². The molecule has 0 heterocycles. The van der Waals surface area contributed by atoms with E-state index >= 15 is 0 Å². The molecule has 17 heavy (non-hydrogen) atoms. The van der Waals surface area contributed by atoms with Gasteiger partial charge in [-0.3, -0.25) is 9.59 Å². The lowest BCUT2D eigenvalue weighted by Crippen LogP contribution is -2.29. The van der Waals surface area contributed by atoms with Crippen LogP contribution in [-0.4, -0.2) is 25.4 Å². The highest BCUT2D eigenvalue weighted by Crippen LogP contribution is 2.16. The number of halogens is 2. The third kappa shape index (κ3) is 4.14. The number of carbonyl (C=O) groups is 2. The van der Waals surface area contributed by atoms with Crippen molar-refractivity contribution in [2.24, 2.45) is 0 Å². The predicted molar refractivity (Wildman–Crippen MR) is 65.1 cm³/mol. The number of rotatable bonds is 4. The Morgan fingerprint density at radius 1 is 1.41 bits per heavy atom. The summed E-state index contributed by atoms with van der Waals surface area (Å²) in [6.45, 7) is 0.218. The number of carbonyl (C=O) groups excluding carboxylic acids is 2. The summed E-state index contributed by atoms with van der Waals surface area (Å²) in [6.07, 6.45) is 0.196. The second-order valence-electron chi connectivity index (χ2n) is 3.31. The second-order valence-corrected chi connectivity index (χ2v) is 4.16. The molecule has 0 aromatic heterocycles. The summed E-state index contributed by atoms with van der Waals surface area (Å²) in [6, 6.07) is 4.10. The highest BCUT2D eigenvalue weighted by atomic mass is 79.9. The highest BCUT2D eigenvalue weighted by molar-refractivity contribution is 9.10. The topological polar surface area (TPSA) is 58.2 Å². The van der Waals surface area contributed by atoms with Gasteiger partial charge in [-0.15, -0.1) is 0 Å². The zero-order valence-electron chi connectivity index (χ0n) is 9.22. The predicted octanol–water partition coefficient (Wildman–Crippen LogP) is 1.45. The lowest BCUT2D eigenvalue weighted by atomic mass is 10.2. The molecule has 0 radical (unpaired) electrons. The average molecular weight is 303 g/mol. The Hall–Kier alpha value is -1.43. The average Bonchev–Trinajstić information content (AvgIpc) is 2.32. The molecule has 2 N–H and O–H groups in total. The van der Waals surface area contributed by atoms with Gasteiger partial charge in [-0.2, -0.15) is 0 Å². The molecule has 4 nitrogen and oxygen atoms in total. The van der Waals surface area contributed by atoms with Crippen LogP contribution < -0.4 is 10.6 Å². The van der Waals surface area contributed by atoms with Crippen molar-refractivity contribution in [3.05, 3.63) is 34.1 Å². The Bertz CT molecular complexity index is 437. The minimum Gasteiger partial charge on any atom is -0.359 e. The van der Waals surface area contributed by atoms with Crippen molar-refractivity contribution >= 4 is 27.7 Å². The summed E-state index contributed by atoms with van der Waals surface area (Å²) in [5, 5.41) is 4.97. The third-order valence-corrected chi connectivity index (χ3v) is 2.74. The number of nitrogens with one attached hydrogen (secondary N) is 2. The lowest BCUT2D eigenvalue weighted by molar-refractivity contribution is -0.120. The minimum absolute atomic E-state index is 0.160. The number of hydrogen-bond donors (Lipinski definition) is 2. The van der Waals surface area contributed by atoms with Crippen molar-refractivity contribution in [1.29, 1.82) is 0 Å². The van der Waals surface area contributed by atoms with E-state index in [-0.39, 0.29) is 24.4 Å². The molecule has 0 saturated heterocycles. The standard InChI is InChI=1S/C11H12BrFN2O2/c1-14-10(16)4-5-15-11(17)7-2-3-8(12)9(13)6-7/h2-3,6H,4-5H2,1H3,(H,14,16)(H,15,17). The Labute approximate surface area is 107 Å². The van der Waals surface area contributed by atoms with Gasteiger partial charge >= 0.3 is 0 Å². The zero-order valence-corrected chi connectivity index (χ0v) is 10.8. The van der Waals surface area contributed by atoms with Gasteiger partial charge in [0.1, 0.15) is 5.82 Å². The first-order valence-electron chi connectivity index (χ1n) is 4.98. The van der Waals surface area contributed by atoms with Crippen molar-refractivity contribution < 1.29 is 14.0 Å². The maximum absolute atomic E-state index is 13.2. The van der Waals surface area contributed by atoms with Crippen LogP contribution in [0.25, 0.3) is 0 Å². The molecule has 6 heteroatoms. The fourth-order valence-electron chi connectivity index (χ4n) is 1.15. The number of hydrogen-bond acceptors (Lipinski definition) is 2. The van der Waals surface area contributed by atoms with Crippen LogP contribution in [0.3, 0.4) is 0 Å². The monoisotopic (exact) mass is 302 g/mol. The van der Waals surface area contributed by atoms with E-state index in [4.69, 9.17) is 0 Å². The van der Waals surface area contributed by atoms with Crippen molar-refractivity contribution in [3.63, 3.8) is 0 Å². The molecule has 0 saturated carbocycles. The summed E-state index contributed by atoms with van der Waals surface area (Å²) in [4.78, 5) is 22.5. The van der Waals surface area contributed by atoms with Crippen LogP contribution in [0.4, 0.5) is 4.39 Å². The molecule has 0 aliphatic carbocycles. The SMILES string of the molecule is CNC(=O)CCNC(=O)c1ccc(Br)c(F)c1. The maximum atomic E-state index is 13.2. The summed E-state index contributed by atoms with van der Waals surface area (Å²) in [5.74, 6) is -1.06. The van der Waals surface area contributed by atoms with Gasteiger partial charge in [0.2, 0.25) is 5.91 Å². The van der Waals surface area contributed by atoms with Crippen LogP contribution in [0, 0.1) is 5.82 Å². The van der Waals surface area contributed by atoms with Gasteiger partial charge in [0.25, 0.3) is 5.91 Å². The third-order valence-electron chi connectivity index (χ3n) is 2.10. The van der Waals surface area contributed by atoms with Crippen LogP contribution in [0.1, 0.15) is 16.8 Å². The van der Waals surface area contributed by atoms with Crippen LogP contribution in [0.2, 0.25) is 0 Å². The van der Waals surface area contributed by atoms with Crippen molar-refractivity contribution in [2.45, 2.75) is 6.42 Å². The first kappa shape index (κ1) is 13.6. The van der Waals surface area contributed by atoms with Gasteiger partial charge in [-0.25, -0.2) is 4.39 Å². The van der Waals surface area contributed by atoms with E-state index in [9.17, 15) is 14.0 Å². The summed E-state index contributed by atoms with van der Waals surface area (Å²) in [5.41, 5.74) is 0.225. The fraction of sp³-hybridized carbons (Fsp3) is 0.273. The largest absolute Gasteiger partial charge is 0.359 e. The molecule has 0 aliphatic rings. The molecule has 0 fully saturated rings. The van der Waals surface area contributed by atoms with Crippen LogP contribution >= 0.6 is 15.9 Å². The molecule has 1 rings (SSSR count). The molecule has 0 bridgehead atoms. The molecule has 0 aliphatic heterocycles. The molecule has 0 atom stereocenters. The van der Waals surface area contributed by atoms with Crippen molar-refractivity contribution in [1.82, 2.24) is 10.6 Å². The summed E-state index contributed by atoms with van der Waals surface area (Å²) < 4.78 is 13.5. The van der Waals surface area contributed by atoms with E-state index in [2.05, 4.69) is 26.6 Å². The zero-order chi connectivity index (χ0) is 12.8. The summed E-state index contributed by atoms with van der Waals surface area (Å²) in [7, 11) is 1.52. The molecule has 0 spiro atoms. The Balaban J connectivity index is 2.52. The van der Waals surface area contributed by atoms with Gasteiger partial charge in [0.15, 0.2) is 0 Å². The number of amides is 2. The summed E-state index contributed by atoms with van der Waals surface area (Å²) >= 11 is 3.00. The first-order chi connectivity index (χ1) is 8.04. The molecule has 1 aromatic rings. The highest BCUT2D eigenvalue weighted by Gasteiger charge is 2.08. The Morgan fingerprint density at radius 3 is 2.71 bits per heavy atom.